The van der Waals surface area contributed by atoms with E-state index in [9.17, 15) is 5.11 Å². The standard InChI is InChI=1S/C13H17ClN2O2S/c1-9-4-7-19-12(9)13(2,17)11-10(14)8-15-16(11)5-6-18-3/h4,7-8,17H,5-6H2,1-3H3. The van der Waals surface area contributed by atoms with Crippen molar-refractivity contribution in [3.05, 3.63) is 38.8 Å². The normalized spacial score (nSPS) is 14.6. The van der Waals surface area contributed by atoms with E-state index in [1.807, 2.05) is 18.4 Å². The third-order valence-electron chi connectivity index (χ3n) is 3.07. The molecule has 104 valence electrons. The fourth-order valence-corrected chi connectivity index (χ4v) is 3.49. The number of methoxy groups -OCH3 is 1. The summed E-state index contributed by atoms with van der Waals surface area (Å²) in [6.45, 7) is 4.80. The Morgan fingerprint density at radius 3 is 2.89 bits per heavy atom. The molecule has 19 heavy (non-hydrogen) atoms. The Bertz CT molecular complexity index is 563. The molecule has 0 saturated heterocycles. The summed E-state index contributed by atoms with van der Waals surface area (Å²) < 4.78 is 6.75. The van der Waals surface area contributed by atoms with E-state index in [2.05, 4.69) is 5.10 Å². The number of thiophene rings is 1. The smallest absolute Gasteiger partial charge is 0.139 e. The first-order chi connectivity index (χ1) is 8.98. The second-order valence-corrected chi connectivity index (χ2v) is 5.89. The lowest BCUT2D eigenvalue weighted by atomic mass is 9.97. The Balaban J connectivity index is 2.45. The van der Waals surface area contributed by atoms with Gasteiger partial charge in [0.2, 0.25) is 0 Å². The van der Waals surface area contributed by atoms with Crippen LogP contribution in [0, 0.1) is 6.92 Å². The van der Waals surface area contributed by atoms with Crippen molar-refractivity contribution >= 4 is 22.9 Å². The molecule has 1 atom stereocenters. The van der Waals surface area contributed by atoms with Crippen LogP contribution in [-0.4, -0.2) is 28.6 Å². The van der Waals surface area contributed by atoms with E-state index in [1.54, 1.807) is 24.9 Å². The maximum Gasteiger partial charge on any atom is 0.139 e. The molecule has 6 heteroatoms. The zero-order valence-electron chi connectivity index (χ0n) is 11.2. The maximum absolute atomic E-state index is 10.9. The number of aromatic nitrogens is 2. The van der Waals surface area contributed by atoms with E-state index >= 15 is 0 Å². The van der Waals surface area contributed by atoms with Crippen molar-refractivity contribution in [2.45, 2.75) is 26.0 Å². The number of halogens is 1. The third-order valence-corrected chi connectivity index (χ3v) is 4.57. The molecule has 1 N–H and O–H groups in total. The van der Waals surface area contributed by atoms with Gasteiger partial charge in [0.25, 0.3) is 0 Å². The molecule has 2 aromatic rings. The summed E-state index contributed by atoms with van der Waals surface area (Å²) in [6.07, 6.45) is 1.56. The van der Waals surface area contributed by atoms with Crippen molar-refractivity contribution in [3.8, 4) is 0 Å². The van der Waals surface area contributed by atoms with E-state index in [0.717, 1.165) is 10.4 Å². The van der Waals surface area contributed by atoms with Gasteiger partial charge in [-0.25, -0.2) is 0 Å². The van der Waals surface area contributed by atoms with Crippen LogP contribution in [-0.2, 0) is 16.9 Å². The minimum Gasteiger partial charge on any atom is -0.383 e. The number of hydrogen-bond acceptors (Lipinski definition) is 4. The number of rotatable bonds is 5. The van der Waals surface area contributed by atoms with Crippen LogP contribution < -0.4 is 0 Å². The van der Waals surface area contributed by atoms with Crippen molar-refractivity contribution in [2.24, 2.45) is 0 Å². The largest absolute Gasteiger partial charge is 0.383 e. The molecule has 4 nitrogen and oxygen atoms in total. The Morgan fingerprint density at radius 1 is 1.58 bits per heavy atom. The highest BCUT2D eigenvalue weighted by atomic mass is 35.5. The van der Waals surface area contributed by atoms with Gasteiger partial charge in [0.05, 0.1) is 30.1 Å². The second kappa shape index (κ2) is 5.63. The predicted octanol–water partition coefficient (Wildman–Crippen LogP) is 2.81. The predicted molar refractivity (Wildman–Crippen MR) is 76.8 cm³/mol. The summed E-state index contributed by atoms with van der Waals surface area (Å²) in [4.78, 5) is 0.883. The molecule has 2 rings (SSSR count). The fraction of sp³-hybridized carbons (Fsp3) is 0.462. The molecular formula is C13H17ClN2O2S. The monoisotopic (exact) mass is 300 g/mol. The Kier molecular flexibility index (Phi) is 4.30. The van der Waals surface area contributed by atoms with Gasteiger partial charge >= 0.3 is 0 Å². The SMILES string of the molecule is COCCn1ncc(Cl)c1C(C)(O)c1sccc1C. The molecule has 0 saturated carbocycles. The first kappa shape index (κ1) is 14.5. The highest BCUT2D eigenvalue weighted by Gasteiger charge is 2.34. The highest BCUT2D eigenvalue weighted by Crippen LogP contribution is 2.38. The summed E-state index contributed by atoms with van der Waals surface area (Å²) in [5.74, 6) is 0. The average Bonchev–Trinajstić information content (AvgIpc) is 2.93. The lowest BCUT2D eigenvalue weighted by Gasteiger charge is -2.25. The molecule has 0 radical (unpaired) electrons. The zero-order valence-corrected chi connectivity index (χ0v) is 12.8. The first-order valence-corrected chi connectivity index (χ1v) is 7.22. The molecule has 0 fully saturated rings. The molecule has 2 heterocycles. The Labute approximate surface area is 121 Å². The van der Waals surface area contributed by atoms with Crippen LogP contribution in [0.3, 0.4) is 0 Å². The van der Waals surface area contributed by atoms with E-state index in [-0.39, 0.29) is 0 Å². The number of ether oxygens (including phenoxy) is 1. The highest BCUT2D eigenvalue weighted by molar-refractivity contribution is 7.10. The fourth-order valence-electron chi connectivity index (χ4n) is 2.17. The van der Waals surface area contributed by atoms with Gasteiger partial charge in [0.1, 0.15) is 5.60 Å². The van der Waals surface area contributed by atoms with Gasteiger partial charge in [-0.3, -0.25) is 4.68 Å². The summed E-state index contributed by atoms with van der Waals surface area (Å²) in [5.41, 5.74) is 0.502. The van der Waals surface area contributed by atoms with Crippen molar-refractivity contribution < 1.29 is 9.84 Å². The molecule has 0 spiro atoms. The molecule has 0 aromatic carbocycles. The van der Waals surface area contributed by atoms with Gasteiger partial charge in [-0.05, 0) is 30.9 Å². The molecular weight excluding hydrogens is 284 g/mol. The van der Waals surface area contributed by atoms with Crippen molar-refractivity contribution in [3.63, 3.8) is 0 Å². The van der Waals surface area contributed by atoms with Gasteiger partial charge in [0, 0.05) is 12.0 Å². The first-order valence-electron chi connectivity index (χ1n) is 5.96. The van der Waals surface area contributed by atoms with Crippen LogP contribution in [0.15, 0.2) is 17.6 Å². The van der Waals surface area contributed by atoms with Gasteiger partial charge < -0.3 is 9.84 Å². The van der Waals surface area contributed by atoms with E-state index in [4.69, 9.17) is 16.3 Å². The average molecular weight is 301 g/mol. The van der Waals surface area contributed by atoms with Gasteiger partial charge in [-0.1, -0.05) is 11.6 Å². The summed E-state index contributed by atoms with van der Waals surface area (Å²) >= 11 is 7.71. The summed E-state index contributed by atoms with van der Waals surface area (Å²) in [6, 6.07) is 1.98. The molecule has 0 aliphatic heterocycles. The number of aryl methyl sites for hydroxylation is 1. The van der Waals surface area contributed by atoms with Crippen molar-refractivity contribution in [2.75, 3.05) is 13.7 Å². The van der Waals surface area contributed by atoms with E-state index in [1.165, 1.54) is 11.3 Å². The molecule has 2 aromatic heterocycles. The summed E-state index contributed by atoms with van der Waals surface area (Å²) in [7, 11) is 1.63. The van der Waals surface area contributed by atoms with E-state index in [0.29, 0.717) is 23.9 Å². The number of aliphatic hydroxyl groups is 1. The minimum atomic E-state index is -1.15. The van der Waals surface area contributed by atoms with Gasteiger partial charge in [0.15, 0.2) is 0 Å². The third kappa shape index (κ3) is 2.69. The Hall–Kier alpha value is -0.880. The lowest BCUT2D eigenvalue weighted by molar-refractivity contribution is 0.0915. The molecule has 0 amide bonds. The summed E-state index contributed by atoms with van der Waals surface area (Å²) in [5, 5.41) is 17.5. The van der Waals surface area contributed by atoms with Crippen LogP contribution in [0.2, 0.25) is 5.02 Å². The maximum atomic E-state index is 10.9. The van der Waals surface area contributed by atoms with E-state index < -0.39 is 5.60 Å². The topological polar surface area (TPSA) is 47.3 Å². The minimum absolute atomic E-state index is 0.467. The molecule has 0 aliphatic rings. The molecule has 0 bridgehead atoms. The van der Waals surface area contributed by atoms with Crippen LogP contribution in [0.4, 0.5) is 0 Å². The van der Waals surface area contributed by atoms with Crippen LogP contribution >= 0.6 is 22.9 Å². The lowest BCUT2D eigenvalue weighted by Crippen LogP contribution is -2.28. The number of hydrogen-bond donors (Lipinski definition) is 1. The Morgan fingerprint density at radius 2 is 2.32 bits per heavy atom. The molecule has 1 unspecified atom stereocenters. The quantitative estimate of drug-likeness (QED) is 0.923. The zero-order chi connectivity index (χ0) is 14.0. The second-order valence-electron chi connectivity index (χ2n) is 4.56. The molecule has 0 aliphatic carbocycles. The van der Waals surface area contributed by atoms with Gasteiger partial charge in [-0.15, -0.1) is 11.3 Å². The van der Waals surface area contributed by atoms with Gasteiger partial charge in [-0.2, -0.15) is 5.10 Å². The van der Waals surface area contributed by atoms with Crippen LogP contribution in [0.25, 0.3) is 0 Å². The number of nitrogens with zero attached hydrogens (tertiary/aromatic N) is 2. The van der Waals surface area contributed by atoms with Crippen LogP contribution in [0.1, 0.15) is 23.1 Å². The van der Waals surface area contributed by atoms with Crippen molar-refractivity contribution in [1.82, 2.24) is 9.78 Å². The van der Waals surface area contributed by atoms with Crippen molar-refractivity contribution in [1.29, 1.82) is 0 Å². The van der Waals surface area contributed by atoms with Crippen LogP contribution in [0.5, 0.6) is 0 Å².